The molecule has 1 heterocycles. The summed E-state index contributed by atoms with van der Waals surface area (Å²) in [7, 11) is 1.40. The third-order valence-corrected chi connectivity index (χ3v) is 3.12. The van der Waals surface area contributed by atoms with Gasteiger partial charge >= 0.3 is 5.97 Å². The van der Waals surface area contributed by atoms with Crippen molar-refractivity contribution in [3.63, 3.8) is 0 Å². The van der Waals surface area contributed by atoms with Gasteiger partial charge in [-0.15, -0.1) is 0 Å². The molecule has 0 N–H and O–H groups in total. The van der Waals surface area contributed by atoms with Gasteiger partial charge in [0.25, 0.3) is 0 Å². The van der Waals surface area contributed by atoms with Crippen LogP contribution in [-0.2, 0) is 9.53 Å². The van der Waals surface area contributed by atoms with Gasteiger partial charge in [0.15, 0.2) is 0 Å². The van der Waals surface area contributed by atoms with E-state index in [0.29, 0.717) is 6.61 Å². The summed E-state index contributed by atoms with van der Waals surface area (Å²) in [5.74, 6) is 0.613. The first-order valence-corrected chi connectivity index (χ1v) is 6.48. The fourth-order valence-corrected chi connectivity index (χ4v) is 2.07. The van der Waals surface area contributed by atoms with Gasteiger partial charge in [-0.3, -0.25) is 0 Å². The minimum Gasteiger partial charge on any atom is -0.494 e. The molecule has 0 aliphatic carbocycles. The van der Waals surface area contributed by atoms with Gasteiger partial charge in [-0.05, 0) is 37.6 Å². The van der Waals surface area contributed by atoms with E-state index in [1.54, 1.807) is 0 Å². The second-order valence-electron chi connectivity index (χ2n) is 4.49. The van der Waals surface area contributed by atoms with Crippen molar-refractivity contribution in [2.75, 3.05) is 13.7 Å². The van der Waals surface area contributed by atoms with Crippen molar-refractivity contribution < 1.29 is 14.3 Å². The fourth-order valence-electron chi connectivity index (χ4n) is 2.07. The van der Waals surface area contributed by atoms with E-state index >= 15 is 0 Å². The van der Waals surface area contributed by atoms with Crippen LogP contribution in [0.15, 0.2) is 30.5 Å². The lowest BCUT2D eigenvalue weighted by Gasteiger charge is -2.13. The molecule has 0 saturated heterocycles. The fraction of sp³-hybridized carbons (Fsp3) is 0.400. The molecule has 19 heavy (non-hydrogen) atoms. The van der Waals surface area contributed by atoms with Crippen LogP contribution in [0.1, 0.15) is 26.3 Å². The molecule has 0 bridgehead atoms. The summed E-state index contributed by atoms with van der Waals surface area (Å²) in [5, 5.41) is 1.06. The average molecular weight is 261 g/mol. The number of benzene rings is 1. The zero-order valence-electron chi connectivity index (χ0n) is 11.6. The van der Waals surface area contributed by atoms with Crippen LogP contribution in [0.4, 0.5) is 0 Å². The Balaban J connectivity index is 2.31. The summed E-state index contributed by atoms with van der Waals surface area (Å²) in [6.07, 6.45) is 2.88. The Morgan fingerprint density at radius 3 is 2.84 bits per heavy atom. The van der Waals surface area contributed by atoms with Crippen molar-refractivity contribution in [3.8, 4) is 5.75 Å². The average Bonchev–Trinajstić information content (AvgIpc) is 2.86. The van der Waals surface area contributed by atoms with Gasteiger partial charge in [0.05, 0.1) is 13.7 Å². The van der Waals surface area contributed by atoms with Crippen LogP contribution < -0.4 is 4.74 Å². The number of nitrogens with zero attached hydrogens (tertiary/aromatic N) is 1. The molecule has 1 aromatic carbocycles. The highest BCUT2D eigenvalue weighted by Crippen LogP contribution is 2.25. The number of methoxy groups -OCH3 is 1. The van der Waals surface area contributed by atoms with Crippen LogP contribution >= 0.6 is 0 Å². The zero-order valence-corrected chi connectivity index (χ0v) is 11.6. The van der Waals surface area contributed by atoms with Crippen LogP contribution in [-0.4, -0.2) is 24.3 Å². The Morgan fingerprint density at radius 2 is 2.16 bits per heavy atom. The number of rotatable bonds is 5. The number of hydrogen-bond acceptors (Lipinski definition) is 3. The van der Waals surface area contributed by atoms with Crippen LogP contribution in [0.25, 0.3) is 10.9 Å². The normalized spacial score (nSPS) is 12.4. The molecule has 1 atom stereocenters. The lowest BCUT2D eigenvalue weighted by molar-refractivity contribution is -0.143. The molecule has 0 aliphatic heterocycles. The first-order valence-electron chi connectivity index (χ1n) is 6.48. The van der Waals surface area contributed by atoms with E-state index in [1.165, 1.54) is 7.11 Å². The first-order chi connectivity index (χ1) is 9.17. The van der Waals surface area contributed by atoms with E-state index in [9.17, 15) is 4.79 Å². The van der Waals surface area contributed by atoms with Crippen molar-refractivity contribution in [1.82, 2.24) is 4.57 Å². The summed E-state index contributed by atoms with van der Waals surface area (Å²) < 4.78 is 12.3. The molecule has 0 saturated carbocycles. The van der Waals surface area contributed by atoms with Crippen molar-refractivity contribution >= 4 is 16.9 Å². The van der Waals surface area contributed by atoms with E-state index < -0.39 is 0 Å². The van der Waals surface area contributed by atoms with Gasteiger partial charge < -0.3 is 14.0 Å². The Bertz CT molecular complexity index is 574. The van der Waals surface area contributed by atoms with Gasteiger partial charge in [-0.2, -0.15) is 0 Å². The Morgan fingerprint density at radius 1 is 1.37 bits per heavy atom. The predicted octanol–water partition coefficient (Wildman–Crippen LogP) is 3.16. The number of carbonyl (C=O) groups excluding carboxylic acids is 1. The van der Waals surface area contributed by atoms with Crippen LogP contribution in [0, 0.1) is 0 Å². The second-order valence-corrected chi connectivity index (χ2v) is 4.49. The molecule has 2 aromatic rings. The van der Waals surface area contributed by atoms with Crippen LogP contribution in [0.5, 0.6) is 5.75 Å². The standard InChI is InChI=1S/C15H19NO3/c1-4-9-19-13-5-6-14-12(10-13)7-8-16(14)11(2)15(17)18-3/h5-8,10-11H,4,9H2,1-3H3. The van der Waals surface area contributed by atoms with E-state index in [1.807, 2.05) is 42.0 Å². The number of ether oxygens (including phenoxy) is 2. The molecular formula is C15H19NO3. The minimum absolute atomic E-state index is 0.246. The number of aromatic nitrogens is 1. The third kappa shape index (κ3) is 2.72. The van der Waals surface area contributed by atoms with E-state index in [-0.39, 0.29) is 12.0 Å². The predicted molar refractivity (Wildman–Crippen MR) is 74.5 cm³/mol. The maximum Gasteiger partial charge on any atom is 0.328 e. The molecule has 0 spiro atoms. The van der Waals surface area contributed by atoms with E-state index in [4.69, 9.17) is 9.47 Å². The van der Waals surface area contributed by atoms with E-state index in [0.717, 1.165) is 23.1 Å². The number of esters is 1. The summed E-state index contributed by atoms with van der Waals surface area (Å²) in [6, 6.07) is 7.54. The summed E-state index contributed by atoms with van der Waals surface area (Å²) in [6.45, 7) is 4.62. The van der Waals surface area contributed by atoms with Gasteiger partial charge in [0.1, 0.15) is 11.8 Å². The lowest BCUT2D eigenvalue weighted by atomic mass is 10.2. The monoisotopic (exact) mass is 261 g/mol. The van der Waals surface area contributed by atoms with Crippen molar-refractivity contribution in [2.45, 2.75) is 26.3 Å². The molecule has 0 fully saturated rings. The molecule has 1 unspecified atom stereocenters. The van der Waals surface area contributed by atoms with Gasteiger partial charge in [-0.1, -0.05) is 6.92 Å². The first kappa shape index (κ1) is 13.5. The Kier molecular flexibility index (Phi) is 4.10. The largest absolute Gasteiger partial charge is 0.494 e. The molecule has 4 heteroatoms. The molecule has 0 radical (unpaired) electrons. The van der Waals surface area contributed by atoms with Gasteiger partial charge in [0, 0.05) is 17.1 Å². The smallest absolute Gasteiger partial charge is 0.328 e. The second kappa shape index (κ2) is 5.78. The highest BCUT2D eigenvalue weighted by Gasteiger charge is 2.16. The third-order valence-electron chi connectivity index (χ3n) is 3.12. The van der Waals surface area contributed by atoms with Crippen LogP contribution in [0.3, 0.4) is 0 Å². The maximum absolute atomic E-state index is 11.6. The highest BCUT2D eigenvalue weighted by molar-refractivity contribution is 5.84. The molecule has 4 nitrogen and oxygen atoms in total. The zero-order chi connectivity index (χ0) is 13.8. The number of carbonyl (C=O) groups is 1. The topological polar surface area (TPSA) is 40.5 Å². The molecule has 0 aliphatic rings. The maximum atomic E-state index is 11.6. The Hall–Kier alpha value is -1.97. The van der Waals surface area contributed by atoms with Crippen molar-refractivity contribution in [1.29, 1.82) is 0 Å². The summed E-state index contributed by atoms with van der Waals surface area (Å²) in [5.41, 5.74) is 1.00. The van der Waals surface area contributed by atoms with Gasteiger partial charge in [0.2, 0.25) is 0 Å². The van der Waals surface area contributed by atoms with Gasteiger partial charge in [-0.25, -0.2) is 4.79 Å². The SMILES string of the molecule is CCCOc1ccc2c(ccn2C(C)C(=O)OC)c1. The molecule has 1 aromatic heterocycles. The number of hydrogen-bond donors (Lipinski definition) is 0. The molecule has 0 amide bonds. The molecule has 2 rings (SSSR count). The quantitative estimate of drug-likeness (QED) is 0.776. The molecule has 102 valence electrons. The minimum atomic E-state index is -0.329. The lowest BCUT2D eigenvalue weighted by Crippen LogP contribution is -2.16. The highest BCUT2D eigenvalue weighted by atomic mass is 16.5. The summed E-state index contributed by atoms with van der Waals surface area (Å²) >= 11 is 0. The van der Waals surface area contributed by atoms with Crippen molar-refractivity contribution in [3.05, 3.63) is 30.5 Å². The van der Waals surface area contributed by atoms with E-state index in [2.05, 4.69) is 6.92 Å². The Labute approximate surface area is 112 Å². The number of fused-ring (bicyclic) bond motifs is 1. The van der Waals surface area contributed by atoms with Crippen LogP contribution in [0.2, 0.25) is 0 Å². The van der Waals surface area contributed by atoms with Crippen molar-refractivity contribution in [2.24, 2.45) is 0 Å². The molecular weight excluding hydrogens is 242 g/mol. The summed E-state index contributed by atoms with van der Waals surface area (Å²) in [4.78, 5) is 11.6.